The summed E-state index contributed by atoms with van der Waals surface area (Å²) < 4.78 is 0. The Hall–Kier alpha value is -1.93. The SMILES string of the molecule is CC.CCC(=O)C(CC(C)N(C)C)(c1ccccc1)c1ccccc1. The minimum Gasteiger partial charge on any atom is -0.307 e. The molecule has 0 aliphatic rings. The Balaban J connectivity index is 0.00000151. The van der Waals surface area contributed by atoms with Gasteiger partial charge < -0.3 is 4.90 Å². The van der Waals surface area contributed by atoms with E-state index in [1.54, 1.807) is 0 Å². The Morgan fingerprint density at radius 2 is 1.32 bits per heavy atom. The number of benzene rings is 2. The lowest BCUT2D eigenvalue weighted by atomic mass is 9.67. The third kappa shape index (κ3) is 4.79. The standard InChI is InChI=1S/C21H27NO.C2H6/c1-5-20(23)21(16-17(2)22(3)4,18-12-8-6-9-13-18)19-14-10-7-11-15-19;1-2/h6-15,17H,5,16H2,1-4H3;1-2H3. The van der Waals surface area contributed by atoms with Gasteiger partial charge in [-0.05, 0) is 38.6 Å². The van der Waals surface area contributed by atoms with E-state index in [9.17, 15) is 4.79 Å². The maximum absolute atomic E-state index is 13.2. The van der Waals surface area contributed by atoms with Crippen LogP contribution in [0.4, 0.5) is 0 Å². The molecule has 0 fully saturated rings. The average Bonchev–Trinajstić information content (AvgIpc) is 2.68. The first-order valence-corrected chi connectivity index (χ1v) is 9.33. The highest BCUT2D eigenvalue weighted by Gasteiger charge is 2.41. The third-order valence-electron chi connectivity index (χ3n) is 4.81. The summed E-state index contributed by atoms with van der Waals surface area (Å²) in [7, 11) is 4.14. The van der Waals surface area contributed by atoms with E-state index in [1.807, 2.05) is 57.2 Å². The zero-order chi connectivity index (χ0) is 18.9. The van der Waals surface area contributed by atoms with Crippen molar-refractivity contribution in [2.45, 2.75) is 52.0 Å². The minimum atomic E-state index is -0.582. The predicted molar refractivity (Wildman–Crippen MR) is 108 cm³/mol. The Labute approximate surface area is 153 Å². The molecule has 2 nitrogen and oxygen atoms in total. The number of Topliss-reactive ketones (excluding diaryl/α,β-unsaturated/α-hetero) is 1. The molecular weight excluding hydrogens is 306 g/mol. The van der Waals surface area contributed by atoms with Crippen LogP contribution >= 0.6 is 0 Å². The first-order valence-electron chi connectivity index (χ1n) is 9.33. The van der Waals surface area contributed by atoms with Gasteiger partial charge in [-0.2, -0.15) is 0 Å². The second kappa shape index (κ2) is 10.1. The molecule has 2 aromatic rings. The number of ketones is 1. The van der Waals surface area contributed by atoms with E-state index in [0.29, 0.717) is 12.5 Å². The van der Waals surface area contributed by atoms with E-state index in [2.05, 4.69) is 50.2 Å². The molecule has 1 unspecified atom stereocenters. The van der Waals surface area contributed by atoms with Crippen molar-refractivity contribution in [2.24, 2.45) is 0 Å². The fraction of sp³-hybridized carbons (Fsp3) is 0.435. The first-order chi connectivity index (χ1) is 12.0. The van der Waals surface area contributed by atoms with Crippen molar-refractivity contribution >= 4 is 5.78 Å². The van der Waals surface area contributed by atoms with Crippen LogP contribution in [0.25, 0.3) is 0 Å². The molecule has 0 N–H and O–H groups in total. The van der Waals surface area contributed by atoms with Crippen LogP contribution < -0.4 is 0 Å². The van der Waals surface area contributed by atoms with Gasteiger partial charge in [-0.1, -0.05) is 81.4 Å². The normalized spacial score (nSPS) is 12.3. The molecule has 0 radical (unpaired) electrons. The van der Waals surface area contributed by atoms with Crippen LogP contribution in [0.3, 0.4) is 0 Å². The largest absolute Gasteiger partial charge is 0.307 e. The summed E-state index contributed by atoms with van der Waals surface area (Å²) in [5, 5.41) is 0. The molecule has 0 amide bonds. The van der Waals surface area contributed by atoms with Crippen LogP contribution in [0.15, 0.2) is 60.7 Å². The molecule has 0 heterocycles. The van der Waals surface area contributed by atoms with Crippen molar-refractivity contribution in [1.82, 2.24) is 4.90 Å². The van der Waals surface area contributed by atoms with Crippen LogP contribution in [0.2, 0.25) is 0 Å². The van der Waals surface area contributed by atoms with Crippen LogP contribution in [-0.4, -0.2) is 30.8 Å². The predicted octanol–water partition coefficient (Wildman–Crippen LogP) is 5.32. The van der Waals surface area contributed by atoms with Crippen molar-refractivity contribution in [1.29, 1.82) is 0 Å². The number of nitrogens with zero attached hydrogens (tertiary/aromatic N) is 1. The minimum absolute atomic E-state index is 0.281. The quantitative estimate of drug-likeness (QED) is 0.680. The Kier molecular flexibility index (Phi) is 8.57. The lowest BCUT2D eigenvalue weighted by Crippen LogP contribution is -2.42. The molecule has 2 rings (SSSR count). The van der Waals surface area contributed by atoms with Gasteiger partial charge in [-0.25, -0.2) is 0 Å². The fourth-order valence-corrected chi connectivity index (χ4v) is 3.21. The highest BCUT2D eigenvalue weighted by atomic mass is 16.1. The van der Waals surface area contributed by atoms with E-state index in [1.165, 1.54) is 0 Å². The number of hydrogen-bond acceptors (Lipinski definition) is 2. The lowest BCUT2D eigenvalue weighted by molar-refractivity contribution is -0.123. The zero-order valence-electron chi connectivity index (χ0n) is 16.6. The van der Waals surface area contributed by atoms with E-state index < -0.39 is 5.41 Å². The van der Waals surface area contributed by atoms with Gasteiger partial charge in [0.25, 0.3) is 0 Å². The molecule has 136 valence electrons. The molecule has 2 heteroatoms. The maximum atomic E-state index is 13.2. The second-order valence-electron chi connectivity index (χ2n) is 6.43. The number of hydrogen-bond donors (Lipinski definition) is 0. The van der Waals surface area contributed by atoms with Gasteiger partial charge in [-0.3, -0.25) is 4.79 Å². The van der Waals surface area contributed by atoms with E-state index in [4.69, 9.17) is 0 Å². The Morgan fingerprint density at radius 1 is 0.920 bits per heavy atom. The van der Waals surface area contributed by atoms with Crippen molar-refractivity contribution < 1.29 is 4.79 Å². The van der Waals surface area contributed by atoms with Gasteiger partial charge in [-0.15, -0.1) is 0 Å². The van der Waals surface area contributed by atoms with E-state index in [-0.39, 0.29) is 5.78 Å². The summed E-state index contributed by atoms with van der Waals surface area (Å²) in [6, 6.07) is 20.7. The number of rotatable bonds is 7. The van der Waals surface area contributed by atoms with Gasteiger partial charge in [0, 0.05) is 12.5 Å². The number of carbonyl (C=O) groups excluding carboxylic acids is 1. The van der Waals surface area contributed by atoms with Gasteiger partial charge in [0.05, 0.1) is 5.41 Å². The smallest absolute Gasteiger partial charge is 0.147 e. The van der Waals surface area contributed by atoms with E-state index >= 15 is 0 Å². The monoisotopic (exact) mass is 339 g/mol. The van der Waals surface area contributed by atoms with E-state index in [0.717, 1.165) is 17.5 Å². The van der Waals surface area contributed by atoms with Gasteiger partial charge in [0.15, 0.2) is 0 Å². The highest BCUT2D eigenvalue weighted by Crippen LogP contribution is 2.39. The van der Waals surface area contributed by atoms with Crippen LogP contribution in [-0.2, 0) is 10.2 Å². The topological polar surface area (TPSA) is 20.3 Å². The molecule has 25 heavy (non-hydrogen) atoms. The van der Waals surface area contributed by atoms with Crippen LogP contribution in [0.5, 0.6) is 0 Å². The summed E-state index contributed by atoms with van der Waals surface area (Å²) in [5.41, 5.74) is 1.60. The molecule has 0 saturated carbocycles. The molecule has 0 aliphatic heterocycles. The second-order valence-corrected chi connectivity index (χ2v) is 6.43. The van der Waals surface area contributed by atoms with Crippen LogP contribution in [0, 0.1) is 0 Å². The summed E-state index contributed by atoms with van der Waals surface area (Å²) in [6.07, 6.45) is 1.31. The molecule has 0 aromatic heterocycles. The van der Waals surface area contributed by atoms with Crippen molar-refractivity contribution in [3.8, 4) is 0 Å². The van der Waals surface area contributed by atoms with Gasteiger partial charge >= 0.3 is 0 Å². The number of carbonyl (C=O) groups is 1. The van der Waals surface area contributed by atoms with Crippen LogP contribution in [0.1, 0.15) is 51.7 Å². The summed E-state index contributed by atoms with van der Waals surface area (Å²) in [6.45, 7) is 8.15. The van der Waals surface area contributed by atoms with Crippen molar-refractivity contribution in [3.63, 3.8) is 0 Å². The molecule has 2 aromatic carbocycles. The third-order valence-corrected chi connectivity index (χ3v) is 4.81. The van der Waals surface area contributed by atoms with Crippen molar-refractivity contribution in [3.05, 3.63) is 71.8 Å². The highest BCUT2D eigenvalue weighted by molar-refractivity contribution is 5.93. The molecule has 1 atom stereocenters. The van der Waals surface area contributed by atoms with Crippen molar-refractivity contribution in [2.75, 3.05) is 14.1 Å². The molecular formula is C23H33NO. The van der Waals surface area contributed by atoms with Gasteiger partial charge in [0.1, 0.15) is 5.78 Å². The average molecular weight is 340 g/mol. The van der Waals surface area contributed by atoms with Gasteiger partial charge in [0.2, 0.25) is 0 Å². The maximum Gasteiger partial charge on any atom is 0.147 e. The molecule has 0 aliphatic carbocycles. The summed E-state index contributed by atoms with van der Waals surface area (Å²) >= 11 is 0. The molecule has 0 bridgehead atoms. The lowest BCUT2D eigenvalue weighted by Gasteiger charge is -2.37. The first kappa shape index (κ1) is 21.1. The Bertz CT molecular complexity index is 580. The molecule has 0 spiro atoms. The Morgan fingerprint density at radius 3 is 1.64 bits per heavy atom. The zero-order valence-corrected chi connectivity index (χ0v) is 16.6. The summed E-state index contributed by atoms with van der Waals surface area (Å²) in [5.74, 6) is 0.281. The summed E-state index contributed by atoms with van der Waals surface area (Å²) in [4.78, 5) is 15.4. The fourth-order valence-electron chi connectivity index (χ4n) is 3.21. The molecule has 0 saturated heterocycles.